The molecule has 2 aromatic rings. The zero-order chi connectivity index (χ0) is 17.0. The van der Waals surface area contributed by atoms with Crippen molar-refractivity contribution in [3.05, 3.63) is 64.2 Å². The Labute approximate surface area is 140 Å². The second-order valence-electron chi connectivity index (χ2n) is 5.24. The number of nitrogens with one attached hydrogen (secondary N) is 2. The summed E-state index contributed by atoms with van der Waals surface area (Å²) < 4.78 is 24.7. The molecule has 2 aromatic carbocycles. The van der Waals surface area contributed by atoms with Crippen LogP contribution in [0.5, 0.6) is 0 Å². The Morgan fingerprint density at radius 1 is 1.13 bits per heavy atom. The van der Waals surface area contributed by atoms with Crippen molar-refractivity contribution in [3.8, 4) is 0 Å². The Morgan fingerprint density at radius 2 is 1.78 bits per heavy atom. The zero-order valence-corrected chi connectivity index (χ0v) is 14.3. The molecule has 0 atom stereocenters. The third-order valence-corrected chi connectivity index (χ3v) is 4.01. The molecular formula is C16H17ClN2O3S. The van der Waals surface area contributed by atoms with E-state index in [-0.39, 0.29) is 16.5 Å². The third-order valence-electron chi connectivity index (χ3n) is 3.09. The lowest BCUT2D eigenvalue weighted by atomic mass is 10.1. The molecule has 0 heterocycles. The number of hydrogen-bond acceptors (Lipinski definition) is 3. The predicted octanol–water partition coefficient (Wildman–Crippen LogP) is 2.95. The van der Waals surface area contributed by atoms with Crippen LogP contribution in [0.2, 0.25) is 5.02 Å². The first-order valence-corrected chi connectivity index (χ1v) is 9.12. The van der Waals surface area contributed by atoms with Crippen LogP contribution >= 0.6 is 11.6 Å². The van der Waals surface area contributed by atoms with Crippen molar-refractivity contribution in [2.24, 2.45) is 0 Å². The topological polar surface area (TPSA) is 75.3 Å². The zero-order valence-electron chi connectivity index (χ0n) is 12.8. The molecule has 0 radical (unpaired) electrons. The van der Waals surface area contributed by atoms with E-state index in [2.05, 4.69) is 10.0 Å². The molecule has 5 nitrogen and oxygen atoms in total. The molecule has 7 heteroatoms. The minimum atomic E-state index is -3.39. The summed E-state index contributed by atoms with van der Waals surface area (Å²) in [5.41, 5.74) is 2.73. The number of amides is 1. The van der Waals surface area contributed by atoms with Gasteiger partial charge >= 0.3 is 0 Å². The number of halogens is 1. The summed E-state index contributed by atoms with van der Waals surface area (Å²) in [6.07, 6.45) is 1.04. The summed E-state index contributed by atoms with van der Waals surface area (Å²) in [4.78, 5) is 12.2. The molecule has 0 spiro atoms. The number of hydrogen-bond donors (Lipinski definition) is 2. The summed E-state index contributed by atoms with van der Waals surface area (Å²) in [5.74, 6) is -0.318. The molecule has 0 bridgehead atoms. The normalized spacial score (nSPS) is 11.1. The van der Waals surface area contributed by atoms with Crippen LogP contribution in [0.3, 0.4) is 0 Å². The van der Waals surface area contributed by atoms with Gasteiger partial charge in [0.05, 0.1) is 16.8 Å². The number of benzene rings is 2. The van der Waals surface area contributed by atoms with Crippen molar-refractivity contribution in [1.82, 2.24) is 5.32 Å². The van der Waals surface area contributed by atoms with E-state index >= 15 is 0 Å². The SMILES string of the molecule is Cc1ccc(CNC(=O)c2ccc(NS(C)(=O)=O)cc2Cl)cc1. The van der Waals surface area contributed by atoms with Crippen molar-refractivity contribution in [1.29, 1.82) is 0 Å². The third kappa shape index (κ3) is 5.26. The highest BCUT2D eigenvalue weighted by molar-refractivity contribution is 7.92. The second kappa shape index (κ2) is 7.02. The van der Waals surface area contributed by atoms with Crippen molar-refractivity contribution >= 4 is 33.2 Å². The number of anilines is 1. The maximum atomic E-state index is 12.2. The summed E-state index contributed by atoms with van der Waals surface area (Å²) in [6, 6.07) is 12.2. The predicted molar refractivity (Wildman–Crippen MR) is 92.3 cm³/mol. The Morgan fingerprint density at radius 3 is 2.35 bits per heavy atom. The number of rotatable bonds is 5. The standard InChI is InChI=1S/C16H17ClN2O3S/c1-11-3-5-12(6-4-11)10-18-16(20)14-8-7-13(9-15(14)17)19-23(2,21)22/h3-9,19H,10H2,1-2H3,(H,18,20). The van der Waals surface area contributed by atoms with Gasteiger partial charge in [0.15, 0.2) is 0 Å². The minimum Gasteiger partial charge on any atom is -0.348 e. The largest absolute Gasteiger partial charge is 0.348 e. The van der Waals surface area contributed by atoms with Gasteiger partial charge in [0, 0.05) is 12.2 Å². The smallest absolute Gasteiger partial charge is 0.253 e. The van der Waals surface area contributed by atoms with Crippen LogP contribution in [0.4, 0.5) is 5.69 Å². The van der Waals surface area contributed by atoms with Crippen LogP contribution < -0.4 is 10.0 Å². The second-order valence-corrected chi connectivity index (χ2v) is 7.39. The molecule has 122 valence electrons. The molecule has 1 amide bonds. The maximum absolute atomic E-state index is 12.2. The van der Waals surface area contributed by atoms with Crippen LogP contribution in [0.15, 0.2) is 42.5 Å². The molecule has 0 aromatic heterocycles. The van der Waals surface area contributed by atoms with E-state index in [1.54, 1.807) is 0 Å². The number of carbonyl (C=O) groups excluding carboxylic acids is 1. The Hall–Kier alpha value is -2.05. The van der Waals surface area contributed by atoms with Gasteiger partial charge in [0.25, 0.3) is 5.91 Å². The van der Waals surface area contributed by atoms with Crippen LogP contribution in [0, 0.1) is 6.92 Å². The highest BCUT2D eigenvalue weighted by atomic mass is 35.5. The van der Waals surface area contributed by atoms with Gasteiger partial charge in [-0.05, 0) is 30.7 Å². The van der Waals surface area contributed by atoms with Crippen molar-refractivity contribution in [3.63, 3.8) is 0 Å². The molecule has 0 unspecified atom stereocenters. The molecule has 2 N–H and O–H groups in total. The van der Waals surface area contributed by atoms with Gasteiger partial charge in [-0.2, -0.15) is 0 Å². The first-order chi connectivity index (χ1) is 10.7. The lowest BCUT2D eigenvalue weighted by molar-refractivity contribution is 0.0951. The van der Waals surface area contributed by atoms with Gasteiger partial charge in [-0.25, -0.2) is 8.42 Å². The summed E-state index contributed by atoms with van der Waals surface area (Å²) in [5, 5.41) is 2.96. The molecular weight excluding hydrogens is 336 g/mol. The van der Waals surface area contributed by atoms with E-state index in [1.165, 1.54) is 18.2 Å². The quantitative estimate of drug-likeness (QED) is 0.868. The maximum Gasteiger partial charge on any atom is 0.253 e. The molecule has 0 fully saturated rings. The van der Waals surface area contributed by atoms with Crippen molar-refractivity contribution in [2.45, 2.75) is 13.5 Å². The van der Waals surface area contributed by atoms with Gasteiger partial charge in [-0.3, -0.25) is 9.52 Å². The first kappa shape index (κ1) is 17.3. The summed E-state index contributed by atoms with van der Waals surface area (Å²) in [7, 11) is -3.39. The van der Waals surface area contributed by atoms with Gasteiger partial charge < -0.3 is 5.32 Å². The molecule has 0 saturated carbocycles. The highest BCUT2D eigenvalue weighted by Crippen LogP contribution is 2.21. The van der Waals surface area contributed by atoms with Gasteiger partial charge in [0.1, 0.15) is 0 Å². The van der Waals surface area contributed by atoms with E-state index < -0.39 is 10.0 Å². The fourth-order valence-corrected chi connectivity index (χ4v) is 2.78. The average Bonchev–Trinajstić information content (AvgIpc) is 2.45. The van der Waals surface area contributed by atoms with Crippen LogP contribution in [0.1, 0.15) is 21.5 Å². The Bertz CT molecular complexity index is 818. The van der Waals surface area contributed by atoms with Crippen molar-refractivity contribution in [2.75, 3.05) is 11.0 Å². The number of aryl methyl sites for hydroxylation is 1. The van der Waals surface area contributed by atoms with E-state index in [9.17, 15) is 13.2 Å². The fraction of sp³-hybridized carbons (Fsp3) is 0.188. The van der Waals surface area contributed by atoms with Gasteiger partial charge in [0.2, 0.25) is 10.0 Å². The molecule has 0 aliphatic rings. The van der Waals surface area contributed by atoms with Crippen LogP contribution in [-0.4, -0.2) is 20.6 Å². The molecule has 23 heavy (non-hydrogen) atoms. The summed E-state index contributed by atoms with van der Waals surface area (Å²) >= 11 is 6.06. The van der Waals surface area contributed by atoms with Crippen molar-refractivity contribution < 1.29 is 13.2 Å². The van der Waals surface area contributed by atoms with Crippen LogP contribution in [0.25, 0.3) is 0 Å². The van der Waals surface area contributed by atoms with E-state index in [1.807, 2.05) is 31.2 Å². The monoisotopic (exact) mass is 352 g/mol. The van der Waals surface area contributed by atoms with E-state index in [0.29, 0.717) is 12.2 Å². The average molecular weight is 353 g/mol. The van der Waals surface area contributed by atoms with E-state index in [0.717, 1.165) is 17.4 Å². The molecule has 0 aliphatic carbocycles. The molecule has 0 saturated heterocycles. The van der Waals surface area contributed by atoms with Gasteiger partial charge in [-0.1, -0.05) is 41.4 Å². The first-order valence-electron chi connectivity index (χ1n) is 6.86. The Kier molecular flexibility index (Phi) is 5.28. The minimum absolute atomic E-state index is 0.181. The van der Waals surface area contributed by atoms with E-state index in [4.69, 9.17) is 11.6 Å². The van der Waals surface area contributed by atoms with Gasteiger partial charge in [-0.15, -0.1) is 0 Å². The Balaban J connectivity index is 2.06. The lowest BCUT2D eigenvalue weighted by Gasteiger charge is -2.09. The summed E-state index contributed by atoms with van der Waals surface area (Å²) in [6.45, 7) is 2.38. The molecule has 0 aliphatic heterocycles. The highest BCUT2D eigenvalue weighted by Gasteiger charge is 2.12. The lowest BCUT2D eigenvalue weighted by Crippen LogP contribution is -2.23. The number of sulfonamides is 1. The number of carbonyl (C=O) groups is 1. The van der Waals surface area contributed by atoms with Crippen LogP contribution in [-0.2, 0) is 16.6 Å². The fourth-order valence-electron chi connectivity index (χ4n) is 1.96. The molecule has 2 rings (SSSR count).